The molecule has 0 aromatic heterocycles. The highest BCUT2D eigenvalue weighted by Gasteiger charge is 2.21. The molecule has 3 N–H and O–H groups in total. The SMILES string of the molecule is C=C1NC(SCC)=NC(SC)=C1C(N)=O. The maximum absolute atomic E-state index is 11.2. The third-order valence-electron chi connectivity index (χ3n) is 1.70. The topological polar surface area (TPSA) is 67.5 Å². The molecule has 0 saturated heterocycles. The van der Waals surface area contributed by atoms with Gasteiger partial charge < -0.3 is 11.1 Å². The van der Waals surface area contributed by atoms with Gasteiger partial charge in [0.05, 0.1) is 5.57 Å². The summed E-state index contributed by atoms with van der Waals surface area (Å²) in [6.45, 7) is 5.80. The highest BCUT2D eigenvalue weighted by molar-refractivity contribution is 8.13. The summed E-state index contributed by atoms with van der Waals surface area (Å²) in [4.78, 5) is 15.5. The number of amidine groups is 1. The zero-order chi connectivity index (χ0) is 11.4. The van der Waals surface area contributed by atoms with Gasteiger partial charge in [0.25, 0.3) is 5.91 Å². The van der Waals surface area contributed by atoms with E-state index in [-0.39, 0.29) is 0 Å². The van der Waals surface area contributed by atoms with Gasteiger partial charge in [0.1, 0.15) is 5.03 Å². The van der Waals surface area contributed by atoms with E-state index in [2.05, 4.69) is 16.9 Å². The van der Waals surface area contributed by atoms with Crippen LogP contribution in [-0.4, -0.2) is 23.1 Å². The van der Waals surface area contributed by atoms with Crippen molar-refractivity contribution in [3.05, 3.63) is 22.9 Å². The van der Waals surface area contributed by atoms with Crippen molar-refractivity contribution in [2.75, 3.05) is 12.0 Å². The number of nitrogens with zero attached hydrogens (tertiary/aromatic N) is 1. The molecule has 6 heteroatoms. The first-order valence-electron chi connectivity index (χ1n) is 4.36. The Bertz CT molecular complexity index is 360. The number of aliphatic imine (C=N–C) groups is 1. The number of thioether (sulfide) groups is 2. The first-order chi connectivity index (χ1) is 7.10. The summed E-state index contributed by atoms with van der Waals surface area (Å²) in [7, 11) is 0. The van der Waals surface area contributed by atoms with E-state index in [1.54, 1.807) is 11.8 Å². The number of rotatable bonds is 3. The zero-order valence-corrected chi connectivity index (χ0v) is 10.3. The van der Waals surface area contributed by atoms with E-state index in [1.165, 1.54) is 11.8 Å². The maximum atomic E-state index is 11.2. The van der Waals surface area contributed by atoms with Crippen LogP contribution in [-0.2, 0) is 4.79 Å². The van der Waals surface area contributed by atoms with E-state index < -0.39 is 5.91 Å². The molecule has 0 aromatic rings. The van der Waals surface area contributed by atoms with Crippen LogP contribution in [0.25, 0.3) is 0 Å². The molecule has 0 bridgehead atoms. The van der Waals surface area contributed by atoms with Crippen LogP contribution in [0.2, 0.25) is 0 Å². The molecule has 0 spiro atoms. The van der Waals surface area contributed by atoms with Gasteiger partial charge in [0.15, 0.2) is 5.17 Å². The fraction of sp³-hybridized carbons (Fsp3) is 0.333. The van der Waals surface area contributed by atoms with Crippen LogP contribution in [0.15, 0.2) is 27.9 Å². The van der Waals surface area contributed by atoms with Crippen molar-refractivity contribution >= 4 is 34.6 Å². The van der Waals surface area contributed by atoms with Gasteiger partial charge in [-0.2, -0.15) is 0 Å². The van der Waals surface area contributed by atoms with Crippen LogP contribution in [0, 0.1) is 0 Å². The molecule has 1 aliphatic heterocycles. The van der Waals surface area contributed by atoms with E-state index in [0.29, 0.717) is 16.3 Å². The zero-order valence-electron chi connectivity index (χ0n) is 8.66. The summed E-state index contributed by atoms with van der Waals surface area (Å²) in [6, 6.07) is 0. The van der Waals surface area contributed by atoms with Crippen LogP contribution >= 0.6 is 23.5 Å². The molecular formula is C9H13N3OS2. The second-order valence-corrected chi connectivity index (χ2v) is 4.75. The number of carbonyl (C=O) groups is 1. The number of nitrogens with two attached hydrogens (primary N) is 1. The van der Waals surface area contributed by atoms with Crippen molar-refractivity contribution in [1.29, 1.82) is 0 Å². The lowest BCUT2D eigenvalue weighted by atomic mass is 10.2. The first-order valence-corrected chi connectivity index (χ1v) is 6.57. The normalized spacial score (nSPS) is 16.1. The van der Waals surface area contributed by atoms with Crippen molar-refractivity contribution in [3.8, 4) is 0 Å². The smallest absolute Gasteiger partial charge is 0.253 e. The molecule has 15 heavy (non-hydrogen) atoms. The van der Waals surface area contributed by atoms with E-state index in [9.17, 15) is 4.79 Å². The molecule has 0 aliphatic carbocycles. The van der Waals surface area contributed by atoms with Crippen LogP contribution in [0.5, 0.6) is 0 Å². The van der Waals surface area contributed by atoms with Crippen molar-refractivity contribution in [2.24, 2.45) is 10.7 Å². The van der Waals surface area contributed by atoms with Gasteiger partial charge in [-0.15, -0.1) is 11.8 Å². The Labute approximate surface area is 97.5 Å². The molecule has 1 heterocycles. The molecule has 0 saturated carbocycles. The molecule has 1 amide bonds. The van der Waals surface area contributed by atoms with Gasteiger partial charge in [0, 0.05) is 5.70 Å². The summed E-state index contributed by atoms with van der Waals surface area (Å²) in [6.07, 6.45) is 1.86. The second-order valence-electron chi connectivity index (χ2n) is 2.70. The molecule has 1 aliphatic rings. The van der Waals surface area contributed by atoms with Crippen LogP contribution in [0.4, 0.5) is 0 Å². The lowest BCUT2D eigenvalue weighted by Crippen LogP contribution is -2.30. The van der Waals surface area contributed by atoms with Gasteiger partial charge in [-0.25, -0.2) is 4.99 Å². The summed E-state index contributed by atoms with van der Waals surface area (Å²) in [5.74, 6) is 0.410. The summed E-state index contributed by atoms with van der Waals surface area (Å²) in [5.41, 5.74) is 6.16. The fourth-order valence-corrected chi connectivity index (χ4v) is 2.40. The van der Waals surface area contributed by atoms with Gasteiger partial charge in [-0.05, 0) is 12.0 Å². The lowest BCUT2D eigenvalue weighted by Gasteiger charge is -2.19. The molecule has 82 valence electrons. The summed E-state index contributed by atoms with van der Waals surface area (Å²) < 4.78 is 0. The van der Waals surface area contributed by atoms with Gasteiger partial charge in [0.2, 0.25) is 0 Å². The number of primary amides is 1. The minimum Gasteiger partial charge on any atom is -0.365 e. The van der Waals surface area contributed by atoms with E-state index in [4.69, 9.17) is 5.73 Å². The van der Waals surface area contributed by atoms with Crippen LogP contribution in [0.3, 0.4) is 0 Å². The van der Waals surface area contributed by atoms with Gasteiger partial charge in [-0.3, -0.25) is 4.79 Å². The van der Waals surface area contributed by atoms with E-state index in [0.717, 1.165) is 10.9 Å². The summed E-state index contributed by atoms with van der Waals surface area (Å²) >= 11 is 2.96. The van der Waals surface area contributed by atoms with Crippen molar-refractivity contribution in [3.63, 3.8) is 0 Å². The van der Waals surface area contributed by atoms with E-state index in [1.807, 2.05) is 13.2 Å². The number of carbonyl (C=O) groups excluding carboxylic acids is 1. The number of hydrogen-bond acceptors (Lipinski definition) is 5. The number of amides is 1. The first kappa shape index (κ1) is 12.2. The van der Waals surface area contributed by atoms with Crippen molar-refractivity contribution in [1.82, 2.24) is 5.32 Å². The Morgan fingerprint density at radius 1 is 1.67 bits per heavy atom. The highest BCUT2D eigenvalue weighted by Crippen LogP contribution is 2.27. The Morgan fingerprint density at radius 2 is 2.33 bits per heavy atom. The Balaban J connectivity index is 3.08. The Hall–Kier alpha value is -0.880. The molecular weight excluding hydrogens is 230 g/mol. The van der Waals surface area contributed by atoms with Crippen LogP contribution in [0.1, 0.15) is 6.92 Å². The predicted molar refractivity (Wildman–Crippen MR) is 67.6 cm³/mol. The summed E-state index contributed by atoms with van der Waals surface area (Å²) in [5, 5.41) is 4.35. The van der Waals surface area contributed by atoms with Gasteiger partial charge in [-0.1, -0.05) is 25.3 Å². The molecule has 0 atom stereocenters. The Morgan fingerprint density at radius 3 is 2.80 bits per heavy atom. The average Bonchev–Trinajstić information content (AvgIpc) is 2.16. The number of hydrogen-bond donors (Lipinski definition) is 2. The Kier molecular flexibility index (Phi) is 4.28. The number of nitrogens with one attached hydrogen (secondary N) is 1. The van der Waals surface area contributed by atoms with Gasteiger partial charge >= 0.3 is 0 Å². The van der Waals surface area contributed by atoms with Crippen LogP contribution < -0.4 is 11.1 Å². The lowest BCUT2D eigenvalue weighted by molar-refractivity contribution is -0.114. The van der Waals surface area contributed by atoms with Crippen molar-refractivity contribution in [2.45, 2.75) is 6.92 Å². The molecule has 0 unspecified atom stereocenters. The molecule has 4 nitrogen and oxygen atoms in total. The highest BCUT2D eigenvalue weighted by atomic mass is 32.2. The quantitative estimate of drug-likeness (QED) is 0.783. The fourth-order valence-electron chi connectivity index (χ4n) is 1.10. The monoisotopic (exact) mass is 243 g/mol. The van der Waals surface area contributed by atoms with Crippen molar-refractivity contribution < 1.29 is 4.79 Å². The molecule has 0 radical (unpaired) electrons. The molecule has 0 aromatic carbocycles. The predicted octanol–water partition coefficient (Wildman–Crippen LogP) is 1.27. The largest absolute Gasteiger partial charge is 0.365 e. The molecule has 0 fully saturated rings. The van der Waals surface area contributed by atoms with E-state index >= 15 is 0 Å². The molecule has 1 rings (SSSR count). The third kappa shape index (κ3) is 2.79. The standard InChI is InChI=1S/C9H13N3OS2/c1-4-15-9-11-5(2)6(7(10)13)8(12-9)14-3/h2,4H2,1,3H3,(H2,10,13)(H,11,12). The second kappa shape index (κ2) is 5.27. The third-order valence-corrected chi connectivity index (χ3v) is 3.13. The minimum absolute atomic E-state index is 0.378. The minimum atomic E-state index is -0.499. The maximum Gasteiger partial charge on any atom is 0.253 e. The average molecular weight is 243 g/mol.